The summed E-state index contributed by atoms with van der Waals surface area (Å²) in [5, 5.41) is 0. The van der Waals surface area contributed by atoms with E-state index in [1.165, 1.54) is 11.0 Å². The molecule has 1 heterocycles. The first-order valence-corrected chi connectivity index (χ1v) is 8.53. The van der Waals surface area contributed by atoms with E-state index in [0.717, 1.165) is 0 Å². The SMILES string of the molecule is C#CCC(c1ccc(OC)c(OCC)c1)N1C(=O)c2ccc(N)cc2C1=O. The summed E-state index contributed by atoms with van der Waals surface area (Å²) in [4.78, 5) is 27.0. The molecule has 3 rings (SSSR count). The molecule has 0 saturated heterocycles. The first kappa shape index (κ1) is 18.3. The van der Waals surface area contributed by atoms with Gasteiger partial charge in [0.25, 0.3) is 11.8 Å². The van der Waals surface area contributed by atoms with Crippen LogP contribution in [0.1, 0.15) is 45.7 Å². The standard InChI is InChI=1S/C21H20N2O4/c1-4-6-17(13-7-10-18(26-3)19(11-13)27-5-2)23-20(24)15-9-8-14(22)12-16(15)21(23)25/h1,7-12,17H,5-6,22H2,2-3H3. The van der Waals surface area contributed by atoms with Gasteiger partial charge in [-0.3, -0.25) is 14.5 Å². The molecule has 2 aromatic rings. The zero-order valence-corrected chi connectivity index (χ0v) is 15.2. The second-order valence-electron chi connectivity index (χ2n) is 6.05. The Balaban J connectivity index is 2.05. The number of terminal acetylenes is 1. The molecule has 1 unspecified atom stereocenters. The summed E-state index contributed by atoms with van der Waals surface area (Å²) in [6, 6.07) is 9.33. The molecular weight excluding hydrogens is 344 g/mol. The minimum atomic E-state index is -0.617. The summed E-state index contributed by atoms with van der Waals surface area (Å²) < 4.78 is 10.9. The van der Waals surface area contributed by atoms with E-state index < -0.39 is 11.9 Å². The van der Waals surface area contributed by atoms with E-state index in [1.807, 2.05) is 6.92 Å². The number of fused-ring (bicyclic) bond motifs is 1. The fraction of sp³-hybridized carbons (Fsp3) is 0.238. The Morgan fingerprint density at radius 3 is 2.52 bits per heavy atom. The molecule has 138 valence electrons. The van der Waals surface area contributed by atoms with Crippen molar-refractivity contribution in [3.8, 4) is 23.8 Å². The third-order valence-electron chi connectivity index (χ3n) is 4.44. The Morgan fingerprint density at radius 1 is 1.11 bits per heavy atom. The third kappa shape index (κ3) is 3.20. The van der Waals surface area contributed by atoms with Gasteiger partial charge < -0.3 is 15.2 Å². The van der Waals surface area contributed by atoms with Crippen LogP contribution in [0.25, 0.3) is 0 Å². The zero-order chi connectivity index (χ0) is 19.6. The molecule has 6 nitrogen and oxygen atoms in total. The molecule has 0 aliphatic carbocycles. The molecule has 1 aliphatic rings. The molecule has 1 atom stereocenters. The lowest BCUT2D eigenvalue weighted by atomic mass is 10.0. The second-order valence-corrected chi connectivity index (χ2v) is 6.05. The summed E-state index contributed by atoms with van der Waals surface area (Å²) in [5.41, 5.74) is 7.51. The van der Waals surface area contributed by atoms with Crippen LogP contribution in [-0.2, 0) is 0 Å². The Hall–Kier alpha value is -3.46. The number of carbonyl (C=O) groups excluding carboxylic acids is 2. The molecule has 0 bridgehead atoms. The van der Waals surface area contributed by atoms with Gasteiger partial charge in [0.15, 0.2) is 11.5 Å². The van der Waals surface area contributed by atoms with Crippen molar-refractivity contribution in [2.75, 3.05) is 19.5 Å². The van der Waals surface area contributed by atoms with Gasteiger partial charge in [-0.15, -0.1) is 12.3 Å². The largest absolute Gasteiger partial charge is 0.493 e. The van der Waals surface area contributed by atoms with E-state index >= 15 is 0 Å². The molecule has 0 aromatic heterocycles. The van der Waals surface area contributed by atoms with Crippen molar-refractivity contribution in [1.29, 1.82) is 0 Å². The average Bonchev–Trinajstić information content (AvgIpc) is 2.90. The van der Waals surface area contributed by atoms with Crippen LogP contribution in [0, 0.1) is 12.3 Å². The number of benzene rings is 2. The van der Waals surface area contributed by atoms with Crippen molar-refractivity contribution >= 4 is 17.5 Å². The number of nitrogens with two attached hydrogens (primary N) is 1. The van der Waals surface area contributed by atoms with Crippen molar-refractivity contribution in [3.63, 3.8) is 0 Å². The molecule has 27 heavy (non-hydrogen) atoms. The van der Waals surface area contributed by atoms with Crippen molar-refractivity contribution in [2.24, 2.45) is 0 Å². The summed E-state index contributed by atoms with van der Waals surface area (Å²) in [7, 11) is 1.55. The van der Waals surface area contributed by atoms with Crippen molar-refractivity contribution < 1.29 is 19.1 Å². The average molecular weight is 364 g/mol. The van der Waals surface area contributed by atoms with E-state index in [0.29, 0.717) is 40.5 Å². The van der Waals surface area contributed by atoms with Crippen LogP contribution in [0.5, 0.6) is 11.5 Å². The summed E-state index contributed by atoms with van der Waals surface area (Å²) in [5.74, 6) is 2.86. The lowest BCUT2D eigenvalue weighted by Crippen LogP contribution is -2.34. The maximum absolute atomic E-state index is 12.9. The molecule has 0 fully saturated rings. The third-order valence-corrected chi connectivity index (χ3v) is 4.44. The van der Waals surface area contributed by atoms with Gasteiger partial charge in [-0.25, -0.2) is 0 Å². The molecular formula is C21H20N2O4. The number of hydrogen-bond acceptors (Lipinski definition) is 5. The lowest BCUT2D eigenvalue weighted by molar-refractivity contribution is 0.0584. The number of hydrogen-bond donors (Lipinski definition) is 1. The van der Waals surface area contributed by atoms with Crippen LogP contribution in [0.15, 0.2) is 36.4 Å². The van der Waals surface area contributed by atoms with Crippen molar-refractivity contribution in [2.45, 2.75) is 19.4 Å². The van der Waals surface area contributed by atoms with Crippen molar-refractivity contribution in [1.82, 2.24) is 4.90 Å². The summed E-state index contributed by atoms with van der Waals surface area (Å²) >= 11 is 0. The number of methoxy groups -OCH3 is 1. The van der Waals surface area contributed by atoms with Gasteiger partial charge in [-0.05, 0) is 42.8 Å². The van der Waals surface area contributed by atoms with Crippen LogP contribution in [0.3, 0.4) is 0 Å². The minimum absolute atomic E-state index is 0.179. The predicted molar refractivity (Wildman–Crippen MR) is 102 cm³/mol. The van der Waals surface area contributed by atoms with Gasteiger partial charge in [0, 0.05) is 12.1 Å². The predicted octanol–water partition coefficient (Wildman–Crippen LogP) is 3.04. The Kier molecular flexibility index (Phi) is 5.04. The lowest BCUT2D eigenvalue weighted by Gasteiger charge is -2.26. The Labute approximate surface area is 157 Å². The smallest absolute Gasteiger partial charge is 0.262 e. The molecule has 2 amide bonds. The van der Waals surface area contributed by atoms with Gasteiger partial charge in [0.1, 0.15) is 0 Å². The molecule has 1 aliphatic heterocycles. The highest BCUT2D eigenvalue weighted by Gasteiger charge is 2.40. The number of imide groups is 1. The number of anilines is 1. The number of nitrogens with zero attached hydrogens (tertiary/aromatic N) is 1. The first-order chi connectivity index (χ1) is 13.0. The van der Waals surface area contributed by atoms with E-state index in [1.54, 1.807) is 37.4 Å². The fourth-order valence-electron chi connectivity index (χ4n) is 3.20. The molecule has 0 spiro atoms. The number of carbonyl (C=O) groups is 2. The fourth-order valence-corrected chi connectivity index (χ4v) is 3.20. The topological polar surface area (TPSA) is 81.9 Å². The van der Waals surface area contributed by atoms with Crippen molar-refractivity contribution in [3.05, 3.63) is 53.1 Å². The highest BCUT2D eigenvalue weighted by Crippen LogP contribution is 2.37. The molecule has 2 aromatic carbocycles. The minimum Gasteiger partial charge on any atom is -0.493 e. The van der Waals surface area contributed by atoms with Crippen LogP contribution in [0.4, 0.5) is 5.69 Å². The summed E-state index contributed by atoms with van der Waals surface area (Å²) in [6.07, 6.45) is 5.71. The first-order valence-electron chi connectivity index (χ1n) is 8.53. The highest BCUT2D eigenvalue weighted by atomic mass is 16.5. The van der Waals surface area contributed by atoms with E-state index in [9.17, 15) is 9.59 Å². The van der Waals surface area contributed by atoms with Crippen LogP contribution < -0.4 is 15.2 Å². The van der Waals surface area contributed by atoms with Crippen LogP contribution >= 0.6 is 0 Å². The molecule has 2 N–H and O–H groups in total. The van der Waals surface area contributed by atoms with Crippen LogP contribution in [0.2, 0.25) is 0 Å². The maximum Gasteiger partial charge on any atom is 0.262 e. The van der Waals surface area contributed by atoms with Gasteiger partial charge in [0.05, 0.1) is 30.9 Å². The maximum atomic E-state index is 12.9. The normalized spacial score (nSPS) is 13.9. The van der Waals surface area contributed by atoms with E-state index in [2.05, 4.69) is 5.92 Å². The zero-order valence-electron chi connectivity index (χ0n) is 15.2. The van der Waals surface area contributed by atoms with Gasteiger partial charge in [0.2, 0.25) is 0 Å². The highest BCUT2D eigenvalue weighted by molar-refractivity contribution is 6.22. The summed E-state index contributed by atoms with van der Waals surface area (Å²) in [6.45, 7) is 2.31. The second kappa shape index (κ2) is 7.42. The van der Waals surface area contributed by atoms with Gasteiger partial charge >= 0.3 is 0 Å². The monoisotopic (exact) mass is 364 g/mol. The van der Waals surface area contributed by atoms with Gasteiger partial charge in [-0.1, -0.05) is 6.07 Å². The van der Waals surface area contributed by atoms with Crippen LogP contribution in [-0.4, -0.2) is 30.4 Å². The van der Waals surface area contributed by atoms with Gasteiger partial charge in [-0.2, -0.15) is 0 Å². The number of ether oxygens (including phenoxy) is 2. The molecule has 0 radical (unpaired) electrons. The van der Waals surface area contributed by atoms with E-state index in [-0.39, 0.29) is 12.3 Å². The number of rotatable bonds is 6. The van der Waals surface area contributed by atoms with E-state index in [4.69, 9.17) is 21.6 Å². The Morgan fingerprint density at radius 2 is 1.85 bits per heavy atom. The quantitative estimate of drug-likeness (QED) is 0.484. The molecule has 0 saturated carbocycles. The number of nitrogen functional groups attached to an aromatic ring is 1. The Bertz CT molecular complexity index is 946. The molecule has 6 heteroatoms. The number of amides is 2.